The van der Waals surface area contributed by atoms with Gasteiger partial charge in [-0.05, 0) is 36.8 Å². The van der Waals surface area contributed by atoms with Gasteiger partial charge in [0.15, 0.2) is 5.76 Å². The first kappa shape index (κ1) is 17.7. The highest BCUT2D eigenvalue weighted by atomic mass is 16.3. The van der Waals surface area contributed by atoms with Gasteiger partial charge >= 0.3 is 0 Å². The van der Waals surface area contributed by atoms with E-state index in [4.69, 9.17) is 4.42 Å². The van der Waals surface area contributed by atoms with E-state index < -0.39 is 0 Å². The van der Waals surface area contributed by atoms with Crippen molar-refractivity contribution in [3.63, 3.8) is 0 Å². The average molecular weight is 354 g/mol. The molecular formula is C19H22N4O3. The summed E-state index contributed by atoms with van der Waals surface area (Å²) in [7, 11) is 1.94. The molecule has 1 aromatic carbocycles. The Morgan fingerprint density at radius 2 is 2.12 bits per heavy atom. The van der Waals surface area contributed by atoms with Crippen LogP contribution >= 0.6 is 0 Å². The monoisotopic (exact) mass is 354 g/mol. The molecule has 7 heteroatoms. The van der Waals surface area contributed by atoms with E-state index in [1.54, 1.807) is 12.1 Å². The molecule has 2 N–H and O–H groups in total. The standard InChI is InChI=1S/C19H22N4O3/c1-3-5-18(24)21-13-7-8-15-14(12-13)22-17(23(15)2)9-10-20-19(25)16-6-4-11-26-16/h4,6-8,11-12H,3,5,9-10H2,1-2H3,(H,20,25)(H,21,24). The van der Waals surface area contributed by atoms with E-state index in [0.29, 0.717) is 25.1 Å². The van der Waals surface area contributed by atoms with Gasteiger partial charge in [0.25, 0.3) is 5.91 Å². The Hall–Kier alpha value is -3.09. The maximum atomic E-state index is 11.9. The van der Waals surface area contributed by atoms with E-state index in [-0.39, 0.29) is 11.8 Å². The largest absolute Gasteiger partial charge is 0.459 e. The Kier molecular flexibility index (Phi) is 5.36. The third-order valence-corrected chi connectivity index (χ3v) is 4.11. The Balaban J connectivity index is 1.66. The predicted molar refractivity (Wildman–Crippen MR) is 99.0 cm³/mol. The molecule has 7 nitrogen and oxygen atoms in total. The number of amides is 2. The minimum atomic E-state index is -0.241. The van der Waals surface area contributed by atoms with Crippen LogP contribution in [-0.2, 0) is 18.3 Å². The molecule has 0 atom stereocenters. The van der Waals surface area contributed by atoms with Crippen molar-refractivity contribution in [1.29, 1.82) is 0 Å². The Labute approximate surface area is 151 Å². The number of fused-ring (bicyclic) bond motifs is 1. The zero-order chi connectivity index (χ0) is 18.5. The maximum absolute atomic E-state index is 11.9. The van der Waals surface area contributed by atoms with Crippen LogP contribution in [0.3, 0.4) is 0 Å². The number of carbonyl (C=O) groups excluding carboxylic acids is 2. The van der Waals surface area contributed by atoms with Gasteiger partial charge in [0, 0.05) is 32.1 Å². The summed E-state index contributed by atoms with van der Waals surface area (Å²) in [4.78, 5) is 28.2. The molecule has 2 aromatic heterocycles. The van der Waals surface area contributed by atoms with Gasteiger partial charge in [-0.1, -0.05) is 6.92 Å². The van der Waals surface area contributed by atoms with Crippen LogP contribution in [0.5, 0.6) is 0 Å². The van der Waals surface area contributed by atoms with Crippen molar-refractivity contribution in [2.75, 3.05) is 11.9 Å². The van der Waals surface area contributed by atoms with E-state index in [1.165, 1.54) is 6.26 Å². The predicted octanol–water partition coefficient (Wildman–Crippen LogP) is 2.88. The van der Waals surface area contributed by atoms with Gasteiger partial charge < -0.3 is 19.6 Å². The number of aryl methyl sites for hydroxylation is 1. The van der Waals surface area contributed by atoms with Crippen molar-refractivity contribution >= 4 is 28.5 Å². The number of imidazole rings is 1. The summed E-state index contributed by atoms with van der Waals surface area (Å²) in [5.41, 5.74) is 2.53. The molecule has 0 aliphatic heterocycles. The summed E-state index contributed by atoms with van der Waals surface area (Å²) in [5.74, 6) is 0.914. The highest BCUT2D eigenvalue weighted by Gasteiger charge is 2.11. The first-order valence-electron chi connectivity index (χ1n) is 8.65. The lowest BCUT2D eigenvalue weighted by molar-refractivity contribution is -0.116. The van der Waals surface area contributed by atoms with Gasteiger partial charge in [0.1, 0.15) is 5.82 Å². The molecule has 2 heterocycles. The average Bonchev–Trinajstić information content (AvgIpc) is 3.24. The molecule has 0 fully saturated rings. The van der Waals surface area contributed by atoms with Crippen molar-refractivity contribution in [1.82, 2.24) is 14.9 Å². The second-order valence-corrected chi connectivity index (χ2v) is 6.07. The summed E-state index contributed by atoms with van der Waals surface area (Å²) in [5, 5.41) is 5.70. The van der Waals surface area contributed by atoms with E-state index in [0.717, 1.165) is 29.0 Å². The van der Waals surface area contributed by atoms with E-state index in [2.05, 4.69) is 15.6 Å². The fourth-order valence-corrected chi connectivity index (χ4v) is 2.78. The molecule has 0 radical (unpaired) electrons. The van der Waals surface area contributed by atoms with Gasteiger partial charge in [0.2, 0.25) is 5.91 Å². The molecule has 0 aliphatic rings. The lowest BCUT2D eigenvalue weighted by atomic mass is 10.2. The van der Waals surface area contributed by atoms with Gasteiger partial charge in [-0.2, -0.15) is 0 Å². The van der Waals surface area contributed by atoms with Crippen LogP contribution in [0.2, 0.25) is 0 Å². The normalized spacial score (nSPS) is 10.8. The smallest absolute Gasteiger partial charge is 0.286 e. The third-order valence-electron chi connectivity index (χ3n) is 4.11. The number of nitrogens with one attached hydrogen (secondary N) is 2. The van der Waals surface area contributed by atoms with Crippen molar-refractivity contribution in [3.05, 3.63) is 48.2 Å². The van der Waals surface area contributed by atoms with Gasteiger partial charge in [0.05, 0.1) is 17.3 Å². The molecule has 0 saturated carbocycles. The molecule has 136 valence electrons. The van der Waals surface area contributed by atoms with Crippen molar-refractivity contribution in [2.45, 2.75) is 26.2 Å². The molecular weight excluding hydrogens is 332 g/mol. The fraction of sp³-hybridized carbons (Fsp3) is 0.316. The van der Waals surface area contributed by atoms with Crippen LogP contribution in [0.15, 0.2) is 41.0 Å². The number of hydrogen-bond donors (Lipinski definition) is 2. The van der Waals surface area contributed by atoms with Crippen LogP contribution in [0.1, 0.15) is 36.1 Å². The summed E-state index contributed by atoms with van der Waals surface area (Å²) < 4.78 is 7.06. The minimum Gasteiger partial charge on any atom is -0.459 e. The van der Waals surface area contributed by atoms with Crippen molar-refractivity contribution in [2.24, 2.45) is 7.05 Å². The van der Waals surface area contributed by atoms with Crippen molar-refractivity contribution in [3.8, 4) is 0 Å². The second-order valence-electron chi connectivity index (χ2n) is 6.07. The van der Waals surface area contributed by atoms with Crippen LogP contribution in [-0.4, -0.2) is 27.9 Å². The van der Waals surface area contributed by atoms with Crippen LogP contribution < -0.4 is 10.6 Å². The second kappa shape index (κ2) is 7.86. The van der Waals surface area contributed by atoms with Gasteiger partial charge in [-0.25, -0.2) is 4.98 Å². The minimum absolute atomic E-state index is 0.00337. The zero-order valence-electron chi connectivity index (χ0n) is 14.9. The van der Waals surface area contributed by atoms with Crippen LogP contribution in [0.25, 0.3) is 11.0 Å². The summed E-state index contributed by atoms with van der Waals surface area (Å²) in [6.45, 7) is 2.43. The number of benzene rings is 1. The molecule has 3 rings (SSSR count). The topological polar surface area (TPSA) is 89.2 Å². The van der Waals surface area contributed by atoms with Gasteiger partial charge in [-0.3, -0.25) is 9.59 Å². The molecule has 0 unspecified atom stereocenters. The number of hydrogen-bond acceptors (Lipinski definition) is 4. The zero-order valence-corrected chi connectivity index (χ0v) is 14.9. The number of nitrogens with zero attached hydrogens (tertiary/aromatic N) is 2. The lowest BCUT2D eigenvalue weighted by Gasteiger charge is -2.05. The SMILES string of the molecule is CCCC(=O)Nc1ccc2c(c1)nc(CCNC(=O)c1ccco1)n2C. The molecule has 0 saturated heterocycles. The molecule has 0 spiro atoms. The molecule has 26 heavy (non-hydrogen) atoms. The number of rotatable bonds is 7. The highest BCUT2D eigenvalue weighted by molar-refractivity contribution is 5.93. The fourth-order valence-electron chi connectivity index (χ4n) is 2.78. The molecule has 0 bridgehead atoms. The Morgan fingerprint density at radius 3 is 2.85 bits per heavy atom. The van der Waals surface area contributed by atoms with E-state index >= 15 is 0 Å². The highest BCUT2D eigenvalue weighted by Crippen LogP contribution is 2.20. The first-order valence-corrected chi connectivity index (χ1v) is 8.65. The van der Waals surface area contributed by atoms with Crippen LogP contribution in [0.4, 0.5) is 5.69 Å². The number of carbonyl (C=O) groups is 2. The number of aromatic nitrogens is 2. The number of furan rings is 1. The molecule has 0 aliphatic carbocycles. The number of anilines is 1. The summed E-state index contributed by atoms with van der Waals surface area (Å²) >= 11 is 0. The molecule has 3 aromatic rings. The quantitative estimate of drug-likeness (QED) is 0.683. The Morgan fingerprint density at radius 1 is 1.27 bits per heavy atom. The van der Waals surface area contributed by atoms with E-state index in [1.807, 2.05) is 36.7 Å². The lowest BCUT2D eigenvalue weighted by Crippen LogP contribution is -2.25. The molecule has 2 amide bonds. The summed E-state index contributed by atoms with van der Waals surface area (Å²) in [6.07, 6.45) is 3.37. The van der Waals surface area contributed by atoms with E-state index in [9.17, 15) is 9.59 Å². The summed E-state index contributed by atoms with van der Waals surface area (Å²) in [6, 6.07) is 8.98. The Bertz CT molecular complexity index is 912. The van der Waals surface area contributed by atoms with Crippen molar-refractivity contribution < 1.29 is 14.0 Å². The third kappa shape index (κ3) is 3.93. The van der Waals surface area contributed by atoms with Crippen LogP contribution in [0, 0.1) is 0 Å². The first-order chi connectivity index (χ1) is 12.6. The van der Waals surface area contributed by atoms with Gasteiger partial charge in [-0.15, -0.1) is 0 Å². The maximum Gasteiger partial charge on any atom is 0.286 e.